The van der Waals surface area contributed by atoms with E-state index in [1.807, 2.05) is 6.92 Å². The van der Waals surface area contributed by atoms with Crippen molar-refractivity contribution < 1.29 is 18.0 Å². The number of nitrogens with one attached hydrogen (secondary N) is 2. The maximum Gasteiger partial charge on any atom is 0.405 e. The molecule has 1 unspecified atom stereocenters. The fourth-order valence-corrected chi connectivity index (χ4v) is 2.95. The van der Waals surface area contributed by atoms with Crippen LogP contribution in [0.25, 0.3) is 0 Å². The molecular formula is C15H24F3N5O. The van der Waals surface area contributed by atoms with Crippen LogP contribution in [0.2, 0.25) is 0 Å². The van der Waals surface area contributed by atoms with Crippen LogP contribution in [0.4, 0.5) is 13.2 Å². The second-order valence-corrected chi connectivity index (χ2v) is 6.10. The average molecular weight is 347 g/mol. The second kappa shape index (κ2) is 7.52. The molecule has 2 heterocycles. The molecule has 0 saturated carbocycles. The summed E-state index contributed by atoms with van der Waals surface area (Å²) in [6.45, 7) is 4.88. The van der Waals surface area contributed by atoms with Gasteiger partial charge in [-0.3, -0.25) is 14.4 Å². The highest BCUT2D eigenvalue weighted by molar-refractivity contribution is 5.79. The standard InChI is InChI=1S/C15H24F3N5O/c1-10-12(11(2)22(3)21-10)8-14(24)20-9-13(15(16,17)18)23-6-4-19-5-7-23/h13,19H,4-9H2,1-3H3,(H,20,24). The summed E-state index contributed by atoms with van der Waals surface area (Å²) >= 11 is 0. The fraction of sp³-hybridized carbons (Fsp3) is 0.733. The van der Waals surface area contributed by atoms with E-state index >= 15 is 0 Å². The van der Waals surface area contributed by atoms with Gasteiger partial charge in [0.1, 0.15) is 6.04 Å². The molecule has 1 aromatic rings. The number of hydrogen-bond donors (Lipinski definition) is 2. The smallest absolute Gasteiger partial charge is 0.354 e. The van der Waals surface area contributed by atoms with Crippen molar-refractivity contribution >= 4 is 5.91 Å². The van der Waals surface area contributed by atoms with E-state index in [0.29, 0.717) is 26.2 Å². The van der Waals surface area contributed by atoms with Gasteiger partial charge >= 0.3 is 6.18 Å². The van der Waals surface area contributed by atoms with Crippen molar-refractivity contribution in [3.05, 3.63) is 17.0 Å². The molecule has 0 bridgehead atoms. The number of hydrogen-bond acceptors (Lipinski definition) is 4. The Hall–Kier alpha value is -1.61. The Morgan fingerprint density at radius 3 is 2.46 bits per heavy atom. The molecule has 136 valence electrons. The zero-order chi connectivity index (χ0) is 17.9. The lowest BCUT2D eigenvalue weighted by atomic mass is 10.1. The summed E-state index contributed by atoms with van der Waals surface area (Å²) in [6.07, 6.45) is -4.33. The van der Waals surface area contributed by atoms with Gasteiger partial charge in [-0.1, -0.05) is 0 Å². The molecule has 24 heavy (non-hydrogen) atoms. The second-order valence-electron chi connectivity index (χ2n) is 6.10. The summed E-state index contributed by atoms with van der Waals surface area (Å²) in [6, 6.07) is -1.65. The summed E-state index contributed by atoms with van der Waals surface area (Å²) in [7, 11) is 1.77. The fourth-order valence-electron chi connectivity index (χ4n) is 2.95. The zero-order valence-corrected chi connectivity index (χ0v) is 14.2. The Bertz CT molecular complexity index is 578. The zero-order valence-electron chi connectivity index (χ0n) is 14.2. The van der Waals surface area contributed by atoms with Crippen molar-refractivity contribution in [2.75, 3.05) is 32.7 Å². The van der Waals surface area contributed by atoms with Gasteiger partial charge in [0.25, 0.3) is 0 Å². The molecule has 2 rings (SSSR count). The van der Waals surface area contributed by atoms with Crippen LogP contribution in [-0.2, 0) is 18.3 Å². The Balaban J connectivity index is 1.96. The summed E-state index contributed by atoms with van der Waals surface area (Å²) in [5.74, 6) is -0.418. The highest BCUT2D eigenvalue weighted by Crippen LogP contribution is 2.24. The van der Waals surface area contributed by atoms with E-state index in [-0.39, 0.29) is 6.42 Å². The van der Waals surface area contributed by atoms with Gasteiger partial charge in [0.15, 0.2) is 0 Å². The molecule has 6 nitrogen and oxygen atoms in total. The van der Waals surface area contributed by atoms with E-state index in [4.69, 9.17) is 0 Å². The first-order valence-electron chi connectivity index (χ1n) is 7.97. The number of nitrogens with zero attached hydrogens (tertiary/aromatic N) is 3. The van der Waals surface area contributed by atoms with E-state index in [2.05, 4.69) is 15.7 Å². The number of aromatic nitrogens is 2. The Labute approximate surface area is 139 Å². The van der Waals surface area contributed by atoms with Crippen molar-refractivity contribution in [1.29, 1.82) is 0 Å². The maximum atomic E-state index is 13.3. The van der Waals surface area contributed by atoms with E-state index < -0.39 is 24.7 Å². The van der Waals surface area contributed by atoms with Crippen molar-refractivity contribution in [3.8, 4) is 0 Å². The molecule has 9 heteroatoms. The van der Waals surface area contributed by atoms with Crippen LogP contribution in [0, 0.1) is 13.8 Å². The first-order chi connectivity index (χ1) is 11.2. The number of carbonyl (C=O) groups excluding carboxylic acids is 1. The van der Waals surface area contributed by atoms with Crippen LogP contribution >= 0.6 is 0 Å². The van der Waals surface area contributed by atoms with Crippen LogP contribution in [-0.4, -0.2) is 65.5 Å². The first-order valence-corrected chi connectivity index (χ1v) is 7.97. The third kappa shape index (κ3) is 4.47. The Kier molecular flexibility index (Phi) is 5.87. The Morgan fingerprint density at radius 1 is 1.33 bits per heavy atom. The van der Waals surface area contributed by atoms with Crippen LogP contribution in [0.1, 0.15) is 17.0 Å². The molecule has 0 spiro atoms. The van der Waals surface area contributed by atoms with Gasteiger partial charge < -0.3 is 10.6 Å². The predicted octanol–water partition coefficient (Wildman–Crippen LogP) is 0.532. The summed E-state index contributed by atoms with van der Waals surface area (Å²) in [5.41, 5.74) is 2.33. The van der Waals surface area contributed by atoms with Gasteiger partial charge in [-0.05, 0) is 13.8 Å². The number of aryl methyl sites for hydroxylation is 2. The summed E-state index contributed by atoms with van der Waals surface area (Å²) in [4.78, 5) is 13.5. The van der Waals surface area contributed by atoms with E-state index in [1.54, 1.807) is 18.7 Å². The number of carbonyl (C=O) groups is 1. The summed E-state index contributed by atoms with van der Waals surface area (Å²) in [5, 5.41) is 9.68. The highest BCUT2D eigenvalue weighted by atomic mass is 19.4. The molecule has 1 saturated heterocycles. The number of piperazine rings is 1. The van der Waals surface area contributed by atoms with Crippen molar-refractivity contribution in [2.45, 2.75) is 32.5 Å². The number of alkyl halides is 3. The molecule has 2 N–H and O–H groups in total. The van der Waals surface area contributed by atoms with Gasteiger partial charge in [0.05, 0.1) is 12.1 Å². The number of halogens is 3. The molecule has 0 aromatic carbocycles. The molecule has 1 amide bonds. The minimum absolute atomic E-state index is 0.0393. The van der Waals surface area contributed by atoms with E-state index in [1.165, 1.54) is 4.90 Å². The Morgan fingerprint density at radius 2 is 1.96 bits per heavy atom. The third-order valence-electron chi connectivity index (χ3n) is 4.46. The van der Waals surface area contributed by atoms with Gasteiger partial charge in [0.2, 0.25) is 5.91 Å². The average Bonchev–Trinajstić information content (AvgIpc) is 2.73. The van der Waals surface area contributed by atoms with Gasteiger partial charge in [-0.2, -0.15) is 18.3 Å². The van der Waals surface area contributed by atoms with E-state index in [9.17, 15) is 18.0 Å². The monoisotopic (exact) mass is 347 g/mol. The van der Waals surface area contributed by atoms with Crippen molar-refractivity contribution in [2.24, 2.45) is 7.05 Å². The topological polar surface area (TPSA) is 62.2 Å². The van der Waals surface area contributed by atoms with Crippen molar-refractivity contribution in [1.82, 2.24) is 25.3 Å². The predicted molar refractivity (Wildman–Crippen MR) is 83.7 cm³/mol. The van der Waals surface area contributed by atoms with Crippen LogP contribution in [0.3, 0.4) is 0 Å². The molecule has 1 atom stereocenters. The molecule has 1 aliphatic rings. The van der Waals surface area contributed by atoms with Gasteiger partial charge in [0, 0.05) is 51.0 Å². The lowest BCUT2D eigenvalue weighted by molar-refractivity contribution is -0.184. The first kappa shape index (κ1) is 18.7. The van der Waals surface area contributed by atoms with Crippen LogP contribution in [0.15, 0.2) is 0 Å². The highest BCUT2D eigenvalue weighted by Gasteiger charge is 2.43. The number of rotatable bonds is 5. The molecule has 0 radical (unpaired) electrons. The SMILES string of the molecule is Cc1nn(C)c(C)c1CC(=O)NCC(N1CCNCC1)C(F)(F)F. The van der Waals surface area contributed by atoms with Gasteiger partial charge in [-0.25, -0.2) is 0 Å². The van der Waals surface area contributed by atoms with Crippen LogP contribution in [0.5, 0.6) is 0 Å². The molecule has 0 aliphatic carbocycles. The largest absolute Gasteiger partial charge is 0.405 e. The molecule has 1 fully saturated rings. The minimum atomic E-state index is -4.37. The molecular weight excluding hydrogens is 323 g/mol. The van der Waals surface area contributed by atoms with Gasteiger partial charge in [-0.15, -0.1) is 0 Å². The molecule has 1 aliphatic heterocycles. The minimum Gasteiger partial charge on any atom is -0.354 e. The third-order valence-corrected chi connectivity index (χ3v) is 4.46. The lowest BCUT2D eigenvalue weighted by Crippen LogP contribution is -2.57. The molecule has 1 aromatic heterocycles. The number of amides is 1. The van der Waals surface area contributed by atoms with E-state index in [0.717, 1.165) is 17.0 Å². The normalized spacial score (nSPS) is 17.8. The summed E-state index contributed by atoms with van der Waals surface area (Å²) < 4.78 is 41.5. The maximum absolute atomic E-state index is 13.3. The lowest BCUT2D eigenvalue weighted by Gasteiger charge is -2.35. The van der Waals surface area contributed by atoms with Crippen molar-refractivity contribution in [3.63, 3.8) is 0 Å². The van der Waals surface area contributed by atoms with Crippen LogP contribution < -0.4 is 10.6 Å². The quantitative estimate of drug-likeness (QED) is 0.816.